The predicted molar refractivity (Wildman–Crippen MR) is 143 cm³/mol. The van der Waals surface area contributed by atoms with Gasteiger partial charge in [-0.3, -0.25) is 19.3 Å². The number of aliphatic hydroxyl groups excluding tert-OH is 2. The molecule has 4 atom stereocenters. The van der Waals surface area contributed by atoms with Gasteiger partial charge in [0.25, 0.3) is 5.91 Å². The SMILES string of the molecule is CN(C)c1ccc(-c2ccc(O)c3c2[CH]C2[CH]C4[C@H](N(C)C)C(=O)C(C(N)=O)=C(O)[C@@]4(O)C(=O)C2=C3O)cc1. The fraction of sp³-hybridized carbons (Fsp3) is 0.276. The van der Waals surface area contributed by atoms with Crippen LogP contribution in [0, 0.1) is 24.7 Å². The Kier molecular flexibility index (Phi) is 6.08. The van der Waals surface area contributed by atoms with Crippen LogP contribution in [0.4, 0.5) is 5.69 Å². The molecule has 2 aromatic rings. The molecule has 2 radical (unpaired) electrons. The number of primary amides is 1. The molecule has 2 unspecified atom stereocenters. The predicted octanol–water partition coefficient (Wildman–Crippen LogP) is 1.52. The lowest BCUT2D eigenvalue weighted by atomic mass is 9.57. The van der Waals surface area contributed by atoms with E-state index in [0.29, 0.717) is 11.1 Å². The summed E-state index contributed by atoms with van der Waals surface area (Å²) in [5, 5.41) is 44.6. The number of ketones is 2. The Balaban J connectivity index is 1.70. The first-order valence-electron chi connectivity index (χ1n) is 12.3. The molecule has 6 N–H and O–H groups in total. The van der Waals surface area contributed by atoms with Crippen molar-refractivity contribution in [2.24, 2.45) is 17.6 Å². The van der Waals surface area contributed by atoms with Crippen molar-refractivity contribution in [3.63, 3.8) is 0 Å². The second kappa shape index (κ2) is 8.96. The topological polar surface area (TPSA) is 165 Å². The molecule has 0 bridgehead atoms. The van der Waals surface area contributed by atoms with Gasteiger partial charge in [-0.25, -0.2) is 0 Å². The zero-order chi connectivity index (χ0) is 28.5. The smallest absolute Gasteiger partial charge is 0.255 e. The number of aliphatic hydroxyl groups is 3. The molecule has 3 aliphatic carbocycles. The van der Waals surface area contributed by atoms with Crippen molar-refractivity contribution in [1.82, 2.24) is 4.90 Å². The lowest BCUT2D eigenvalue weighted by Gasteiger charge is -2.50. The Morgan fingerprint density at radius 1 is 0.974 bits per heavy atom. The first-order valence-corrected chi connectivity index (χ1v) is 12.3. The summed E-state index contributed by atoms with van der Waals surface area (Å²) in [7, 11) is 6.92. The van der Waals surface area contributed by atoms with Gasteiger partial charge >= 0.3 is 0 Å². The number of Topliss-reactive ketones (excluding diaryl/α,β-unsaturated/α-hetero) is 2. The van der Waals surface area contributed by atoms with Crippen LogP contribution >= 0.6 is 0 Å². The third kappa shape index (κ3) is 3.66. The summed E-state index contributed by atoms with van der Waals surface area (Å²) in [5.41, 5.74) is 4.40. The number of hydrogen-bond donors (Lipinski definition) is 5. The van der Waals surface area contributed by atoms with Gasteiger partial charge in [0.1, 0.15) is 22.8 Å². The minimum atomic E-state index is -2.73. The molecule has 0 saturated heterocycles. The molecule has 3 aliphatic rings. The number of amides is 1. The zero-order valence-electron chi connectivity index (χ0n) is 21.8. The summed E-state index contributed by atoms with van der Waals surface area (Å²) in [4.78, 5) is 42.5. The highest BCUT2D eigenvalue weighted by Crippen LogP contribution is 2.53. The van der Waals surface area contributed by atoms with E-state index in [9.17, 15) is 34.8 Å². The number of anilines is 1. The monoisotopic (exact) mass is 531 g/mol. The van der Waals surface area contributed by atoms with Crippen LogP contribution < -0.4 is 10.6 Å². The van der Waals surface area contributed by atoms with E-state index in [1.54, 1.807) is 26.6 Å². The zero-order valence-corrected chi connectivity index (χ0v) is 21.8. The number of nitrogens with zero attached hydrogens (tertiary/aromatic N) is 2. The van der Waals surface area contributed by atoms with Gasteiger partial charge in [-0.05, 0) is 55.4 Å². The largest absolute Gasteiger partial charge is 0.508 e. The molecule has 2 aromatic carbocycles. The van der Waals surface area contributed by atoms with Crippen LogP contribution in [0.2, 0.25) is 0 Å². The van der Waals surface area contributed by atoms with Gasteiger partial charge in [0, 0.05) is 43.6 Å². The van der Waals surface area contributed by atoms with Crippen molar-refractivity contribution in [3.05, 3.63) is 77.3 Å². The van der Waals surface area contributed by atoms with E-state index in [0.717, 1.165) is 11.3 Å². The highest BCUT2D eigenvalue weighted by atomic mass is 16.3. The Hall–Kier alpha value is -4.15. The summed E-state index contributed by atoms with van der Waals surface area (Å²) in [6, 6.07) is 9.56. The van der Waals surface area contributed by atoms with Crippen LogP contribution in [0.3, 0.4) is 0 Å². The number of carbonyl (C=O) groups is 3. The maximum Gasteiger partial charge on any atom is 0.255 e. The molecule has 1 amide bonds. The molecule has 39 heavy (non-hydrogen) atoms. The summed E-state index contributed by atoms with van der Waals surface area (Å²) in [6.45, 7) is 0. The van der Waals surface area contributed by atoms with Gasteiger partial charge in [0.2, 0.25) is 5.78 Å². The number of carbonyl (C=O) groups excluding carboxylic acids is 3. The highest BCUT2D eigenvalue weighted by molar-refractivity contribution is 6.25. The summed E-state index contributed by atoms with van der Waals surface area (Å²) in [5.74, 6) is -7.35. The number of likely N-dealkylation sites (N-methyl/N-ethyl adjacent to an activating group) is 1. The molecule has 202 valence electrons. The number of hydrogen-bond acceptors (Lipinski definition) is 9. The van der Waals surface area contributed by atoms with Gasteiger partial charge in [0.15, 0.2) is 11.4 Å². The second-order valence-corrected chi connectivity index (χ2v) is 10.5. The molecule has 5 rings (SSSR count). The van der Waals surface area contributed by atoms with Crippen LogP contribution in [-0.2, 0) is 14.4 Å². The average molecular weight is 532 g/mol. The first kappa shape index (κ1) is 26.5. The maximum absolute atomic E-state index is 13.9. The third-order valence-corrected chi connectivity index (χ3v) is 7.83. The molecule has 0 aliphatic heterocycles. The molecule has 0 spiro atoms. The van der Waals surface area contributed by atoms with E-state index in [-0.39, 0.29) is 16.9 Å². The molecule has 0 heterocycles. The molecule has 10 nitrogen and oxygen atoms in total. The van der Waals surface area contributed by atoms with Crippen LogP contribution in [0.1, 0.15) is 11.1 Å². The number of phenols is 1. The van der Waals surface area contributed by atoms with E-state index in [1.165, 1.54) is 17.4 Å². The lowest BCUT2D eigenvalue weighted by molar-refractivity contribution is -0.149. The Morgan fingerprint density at radius 3 is 2.18 bits per heavy atom. The van der Waals surface area contributed by atoms with Crippen molar-refractivity contribution in [2.45, 2.75) is 11.6 Å². The highest BCUT2D eigenvalue weighted by Gasteiger charge is 2.64. The molecule has 1 saturated carbocycles. The number of nitrogens with two attached hydrogens (primary N) is 1. The summed E-state index contributed by atoms with van der Waals surface area (Å²) in [6.07, 6.45) is 3.19. The third-order valence-electron chi connectivity index (χ3n) is 7.83. The fourth-order valence-corrected chi connectivity index (χ4v) is 5.92. The van der Waals surface area contributed by atoms with Gasteiger partial charge in [-0.2, -0.15) is 0 Å². The van der Waals surface area contributed by atoms with Crippen molar-refractivity contribution >= 4 is 28.9 Å². The summed E-state index contributed by atoms with van der Waals surface area (Å²) < 4.78 is 0. The van der Waals surface area contributed by atoms with Crippen LogP contribution in [0.15, 0.2) is 53.3 Å². The Bertz CT molecular complexity index is 1490. The molecular weight excluding hydrogens is 502 g/mol. The molecular formula is C29H29N3O7. The van der Waals surface area contributed by atoms with E-state index >= 15 is 0 Å². The lowest BCUT2D eigenvalue weighted by Crippen LogP contribution is -2.65. The summed E-state index contributed by atoms with van der Waals surface area (Å²) >= 11 is 0. The van der Waals surface area contributed by atoms with Gasteiger partial charge in [-0.15, -0.1) is 0 Å². The standard InChI is InChI=1S/C29H29N3O7/c1-31(2)15-7-5-13(6-8-15)16-9-10-19(33)21-17(16)11-14-12-18-23(32(3)4)25(35)22(28(30)38)27(37)29(18,39)26(36)20(14)24(21)34/h5-12,14,18,23,33-34,37,39H,1-4H3,(H2,30,38)/t14?,18?,23-,29-/m0/s1. The number of benzene rings is 2. The Morgan fingerprint density at radius 2 is 1.62 bits per heavy atom. The van der Waals surface area contributed by atoms with Crippen molar-refractivity contribution in [3.8, 4) is 16.9 Å². The second-order valence-electron chi connectivity index (χ2n) is 10.5. The minimum absolute atomic E-state index is 0.00567. The van der Waals surface area contributed by atoms with E-state index in [2.05, 4.69) is 0 Å². The normalized spacial score (nSPS) is 26.4. The van der Waals surface area contributed by atoms with Crippen LogP contribution in [0.25, 0.3) is 16.9 Å². The quantitative estimate of drug-likeness (QED) is 0.368. The van der Waals surface area contributed by atoms with Gasteiger partial charge in [-0.1, -0.05) is 18.2 Å². The van der Waals surface area contributed by atoms with Gasteiger partial charge < -0.3 is 31.1 Å². The van der Waals surface area contributed by atoms with Crippen LogP contribution in [0.5, 0.6) is 5.75 Å². The van der Waals surface area contributed by atoms with Crippen molar-refractivity contribution in [2.75, 3.05) is 33.1 Å². The molecule has 0 aromatic heterocycles. The molecule has 10 heteroatoms. The van der Waals surface area contributed by atoms with Crippen molar-refractivity contribution < 1.29 is 34.8 Å². The van der Waals surface area contributed by atoms with Crippen LogP contribution in [-0.4, -0.2) is 82.6 Å². The minimum Gasteiger partial charge on any atom is -0.508 e. The van der Waals surface area contributed by atoms with Crippen molar-refractivity contribution in [1.29, 1.82) is 0 Å². The van der Waals surface area contributed by atoms with Gasteiger partial charge in [0.05, 0.1) is 11.6 Å². The number of aromatic hydroxyl groups is 1. The number of rotatable bonds is 4. The number of phenolic OH excluding ortho intramolecular Hbond substituents is 1. The number of fused-ring (bicyclic) bond motifs is 3. The maximum atomic E-state index is 13.9. The van der Waals surface area contributed by atoms with E-state index < -0.39 is 58.0 Å². The first-order chi connectivity index (χ1) is 18.3. The van der Waals surface area contributed by atoms with E-state index in [1.807, 2.05) is 43.3 Å². The average Bonchev–Trinajstić information content (AvgIpc) is 2.86. The van der Waals surface area contributed by atoms with E-state index in [4.69, 9.17) is 5.73 Å². The Labute approximate surface area is 225 Å². The molecule has 1 fully saturated rings. The fourth-order valence-electron chi connectivity index (χ4n) is 5.92.